The van der Waals surface area contributed by atoms with Gasteiger partial charge in [-0.15, -0.1) is 11.3 Å². The summed E-state index contributed by atoms with van der Waals surface area (Å²) >= 11 is 1.67. The third-order valence-corrected chi connectivity index (χ3v) is 3.20. The molecular formula is C10H17N3OS. The van der Waals surface area contributed by atoms with Crippen LogP contribution in [0.1, 0.15) is 16.8 Å². The summed E-state index contributed by atoms with van der Waals surface area (Å²) < 4.78 is 0. The van der Waals surface area contributed by atoms with Gasteiger partial charge in [-0.05, 0) is 13.5 Å². The maximum Gasteiger partial charge on any atom is 0.236 e. The second-order valence-corrected chi connectivity index (χ2v) is 4.55. The van der Waals surface area contributed by atoms with Crippen molar-refractivity contribution in [2.45, 2.75) is 19.9 Å². The molecule has 5 heteroatoms. The summed E-state index contributed by atoms with van der Waals surface area (Å²) in [7, 11) is 3.57. The molecule has 0 aromatic carbocycles. The van der Waals surface area contributed by atoms with Gasteiger partial charge in [-0.1, -0.05) is 6.92 Å². The van der Waals surface area contributed by atoms with Gasteiger partial charge in [0.25, 0.3) is 0 Å². The standard InChI is InChI=1S/C10H17N3OS/c1-4-8-5-12-9(15-8)7-13(3)10(14)6-11-2/h5,11H,4,6-7H2,1-3H3. The Morgan fingerprint density at radius 1 is 1.67 bits per heavy atom. The summed E-state index contributed by atoms with van der Waals surface area (Å²) in [6.45, 7) is 3.08. The van der Waals surface area contributed by atoms with E-state index in [1.54, 1.807) is 30.3 Å². The van der Waals surface area contributed by atoms with Crippen LogP contribution >= 0.6 is 11.3 Å². The summed E-state index contributed by atoms with van der Waals surface area (Å²) in [5, 5.41) is 3.84. The number of carbonyl (C=O) groups excluding carboxylic acids is 1. The zero-order valence-electron chi connectivity index (χ0n) is 9.41. The van der Waals surface area contributed by atoms with E-state index in [2.05, 4.69) is 17.2 Å². The van der Waals surface area contributed by atoms with Crippen LogP contribution in [0.2, 0.25) is 0 Å². The minimum atomic E-state index is 0.0887. The molecule has 0 atom stereocenters. The lowest BCUT2D eigenvalue weighted by molar-refractivity contribution is -0.129. The third-order valence-electron chi connectivity index (χ3n) is 2.08. The van der Waals surface area contributed by atoms with Crippen molar-refractivity contribution < 1.29 is 4.79 Å². The Bertz CT molecular complexity index is 324. The average Bonchev–Trinajstić information content (AvgIpc) is 2.66. The first-order chi connectivity index (χ1) is 7.17. The van der Waals surface area contributed by atoms with E-state index in [4.69, 9.17) is 0 Å². The number of hydrogen-bond donors (Lipinski definition) is 1. The van der Waals surface area contributed by atoms with E-state index in [0.717, 1.165) is 11.4 Å². The van der Waals surface area contributed by atoms with Gasteiger partial charge in [-0.3, -0.25) is 4.79 Å². The van der Waals surface area contributed by atoms with E-state index < -0.39 is 0 Å². The number of aryl methyl sites for hydroxylation is 1. The predicted octanol–water partition coefficient (Wildman–Crippen LogP) is 0.883. The highest BCUT2D eigenvalue weighted by atomic mass is 32.1. The first-order valence-electron chi connectivity index (χ1n) is 4.99. The summed E-state index contributed by atoms with van der Waals surface area (Å²) in [5.41, 5.74) is 0. The maximum absolute atomic E-state index is 11.5. The van der Waals surface area contributed by atoms with Crippen LogP contribution in [0.5, 0.6) is 0 Å². The molecule has 1 aromatic heterocycles. The largest absolute Gasteiger partial charge is 0.338 e. The van der Waals surface area contributed by atoms with Crippen LogP contribution in [0.3, 0.4) is 0 Å². The van der Waals surface area contributed by atoms with Crippen LogP contribution in [-0.4, -0.2) is 36.4 Å². The van der Waals surface area contributed by atoms with E-state index in [9.17, 15) is 4.79 Å². The molecule has 0 unspecified atom stereocenters. The second kappa shape index (κ2) is 5.82. The van der Waals surface area contributed by atoms with Gasteiger partial charge in [-0.25, -0.2) is 4.98 Å². The SMILES string of the molecule is CCc1cnc(CN(C)C(=O)CNC)s1. The molecule has 0 aliphatic heterocycles. The number of aromatic nitrogens is 1. The molecule has 1 amide bonds. The molecule has 0 spiro atoms. The van der Waals surface area contributed by atoms with E-state index in [0.29, 0.717) is 13.1 Å². The number of nitrogens with one attached hydrogen (secondary N) is 1. The summed E-state index contributed by atoms with van der Waals surface area (Å²) in [6.07, 6.45) is 2.89. The third kappa shape index (κ3) is 3.60. The van der Waals surface area contributed by atoms with Crippen LogP contribution in [-0.2, 0) is 17.8 Å². The molecular weight excluding hydrogens is 210 g/mol. The van der Waals surface area contributed by atoms with Crippen LogP contribution in [0, 0.1) is 0 Å². The first kappa shape index (κ1) is 12.1. The Hall–Kier alpha value is -0.940. The van der Waals surface area contributed by atoms with Crippen LogP contribution in [0.4, 0.5) is 0 Å². The minimum Gasteiger partial charge on any atom is -0.338 e. The lowest BCUT2D eigenvalue weighted by Gasteiger charge is -2.14. The van der Waals surface area contributed by atoms with Crippen molar-refractivity contribution in [2.75, 3.05) is 20.6 Å². The fourth-order valence-corrected chi connectivity index (χ4v) is 2.08. The predicted molar refractivity (Wildman–Crippen MR) is 61.9 cm³/mol. The molecule has 0 radical (unpaired) electrons. The highest BCUT2D eigenvalue weighted by Crippen LogP contribution is 2.14. The molecule has 0 saturated carbocycles. The lowest BCUT2D eigenvalue weighted by atomic mass is 10.4. The van der Waals surface area contributed by atoms with Gasteiger partial charge in [0.1, 0.15) is 5.01 Å². The Morgan fingerprint density at radius 2 is 2.40 bits per heavy atom. The van der Waals surface area contributed by atoms with Crippen LogP contribution in [0.25, 0.3) is 0 Å². The topological polar surface area (TPSA) is 45.2 Å². The normalized spacial score (nSPS) is 10.3. The molecule has 15 heavy (non-hydrogen) atoms. The van der Waals surface area contributed by atoms with Gasteiger partial charge in [0.15, 0.2) is 0 Å². The fourth-order valence-electron chi connectivity index (χ4n) is 1.16. The van der Waals surface area contributed by atoms with Crippen molar-refractivity contribution in [1.29, 1.82) is 0 Å². The highest BCUT2D eigenvalue weighted by Gasteiger charge is 2.09. The van der Waals surface area contributed by atoms with Crippen molar-refractivity contribution in [1.82, 2.24) is 15.2 Å². The molecule has 1 heterocycles. The van der Waals surface area contributed by atoms with E-state index in [1.165, 1.54) is 4.88 Å². The van der Waals surface area contributed by atoms with Crippen LogP contribution < -0.4 is 5.32 Å². The molecule has 4 nitrogen and oxygen atoms in total. The van der Waals surface area contributed by atoms with Crippen LogP contribution in [0.15, 0.2) is 6.20 Å². The number of rotatable bonds is 5. The summed E-state index contributed by atoms with van der Waals surface area (Å²) in [6, 6.07) is 0. The number of nitrogens with zero attached hydrogens (tertiary/aromatic N) is 2. The smallest absolute Gasteiger partial charge is 0.236 e. The van der Waals surface area contributed by atoms with Gasteiger partial charge < -0.3 is 10.2 Å². The fraction of sp³-hybridized carbons (Fsp3) is 0.600. The Balaban J connectivity index is 2.50. The van der Waals surface area contributed by atoms with Gasteiger partial charge in [0, 0.05) is 18.1 Å². The molecule has 84 valence electrons. The summed E-state index contributed by atoms with van der Waals surface area (Å²) in [4.78, 5) is 18.7. The maximum atomic E-state index is 11.5. The van der Waals surface area contributed by atoms with Gasteiger partial charge in [0.2, 0.25) is 5.91 Å². The molecule has 1 N–H and O–H groups in total. The molecule has 1 rings (SSSR count). The van der Waals surface area contributed by atoms with E-state index in [-0.39, 0.29) is 5.91 Å². The Morgan fingerprint density at radius 3 is 2.93 bits per heavy atom. The zero-order valence-corrected chi connectivity index (χ0v) is 10.2. The van der Waals surface area contributed by atoms with Gasteiger partial charge >= 0.3 is 0 Å². The lowest BCUT2D eigenvalue weighted by Crippen LogP contribution is -2.33. The monoisotopic (exact) mass is 227 g/mol. The second-order valence-electron chi connectivity index (χ2n) is 3.35. The van der Waals surface area contributed by atoms with E-state index in [1.807, 2.05) is 6.20 Å². The van der Waals surface area contributed by atoms with Gasteiger partial charge in [-0.2, -0.15) is 0 Å². The van der Waals surface area contributed by atoms with Crippen molar-refractivity contribution in [3.8, 4) is 0 Å². The van der Waals surface area contributed by atoms with Crippen molar-refractivity contribution in [3.05, 3.63) is 16.1 Å². The summed E-state index contributed by atoms with van der Waals surface area (Å²) in [5.74, 6) is 0.0887. The molecule has 0 fully saturated rings. The van der Waals surface area contributed by atoms with Gasteiger partial charge in [0.05, 0.1) is 13.1 Å². The number of likely N-dealkylation sites (N-methyl/N-ethyl adjacent to an activating group) is 2. The quantitative estimate of drug-likeness (QED) is 0.812. The Kier molecular flexibility index (Phi) is 4.71. The average molecular weight is 227 g/mol. The van der Waals surface area contributed by atoms with Crippen molar-refractivity contribution >= 4 is 17.2 Å². The highest BCUT2D eigenvalue weighted by molar-refractivity contribution is 7.11. The zero-order chi connectivity index (χ0) is 11.3. The molecule has 0 saturated heterocycles. The molecule has 0 aliphatic rings. The molecule has 0 bridgehead atoms. The number of amides is 1. The molecule has 1 aromatic rings. The number of thiazole rings is 1. The Labute approximate surface area is 94.3 Å². The number of hydrogen-bond acceptors (Lipinski definition) is 4. The van der Waals surface area contributed by atoms with Crippen molar-refractivity contribution in [2.24, 2.45) is 0 Å². The molecule has 0 aliphatic carbocycles. The first-order valence-corrected chi connectivity index (χ1v) is 5.81. The van der Waals surface area contributed by atoms with E-state index >= 15 is 0 Å². The van der Waals surface area contributed by atoms with Crippen molar-refractivity contribution in [3.63, 3.8) is 0 Å². The number of carbonyl (C=O) groups is 1. The minimum absolute atomic E-state index is 0.0887.